The highest BCUT2D eigenvalue weighted by atomic mass is 79.9. The van der Waals surface area contributed by atoms with Crippen molar-refractivity contribution in [3.8, 4) is 11.6 Å². The van der Waals surface area contributed by atoms with Crippen LogP contribution in [0.2, 0.25) is 0 Å². The summed E-state index contributed by atoms with van der Waals surface area (Å²) >= 11 is 3.15. The Hall–Kier alpha value is -1.95. The Morgan fingerprint density at radius 2 is 2.15 bits per heavy atom. The molecule has 104 valence electrons. The fourth-order valence-corrected chi connectivity index (χ4v) is 1.92. The summed E-state index contributed by atoms with van der Waals surface area (Å²) in [4.78, 5) is 15.2. The number of aryl methyl sites for hydroxylation is 1. The van der Waals surface area contributed by atoms with Crippen molar-refractivity contribution < 1.29 is 19.0 Å². The van der Waals surface area contributed by atoms with Gasteiger partial charge in [0.2, 0.25) is 5.88 Å². The van der Waals surface area contributed by atoms with E-state index in [0.29, 0.717) is 16.6 Å². The maximum absolute atomic E-state index is 13.7. The average Bonchev–Trinajstić information content (AvgIpc) is 2.41. The lowest BCUT2D eigenvalue weighted by molar-refractivity contribution is 0.0696. The Bertz CT molecular complexity index is 661. The molecule has 0 radical (unpaired) electrons. The van der Waals surface area contributed by atoms with Gasteiger partial charge < -0.3 is 9.84 Å². The number of carboxylic acids is 1. The van der Waals surface area contributed by atoms with Crippen LogP contribution in [0.15, 0.2) is 34.8 Å². The number of hydrogen-bond donors (Lipinski definition) is 1. The van der Waals surface area contributed by atoms with Crippen LogP contribution in [0.4, 0.5) is 4.39 Å². The van der Waals surface area contributed by atoms with Crippen molar-refractivity contribution in [3.05, 3.63) is 51.9 Å². The van der Waals surface area contributed by atoms with Crippen LogP contribution in [-0.4, -0.2) is 16.1 Å². The maximum atomic E-state index is 13.7. The molecule has 6 heteroatoms. The Balaban J connectivity index is 2.37. The van der Waals surface area contributed by atoms with Crippen molar-refractivity contribution in [2.75, 3.05) is 0 Å². The topological polar surface area (TPSA) is 59.4 Å². The molecule has 0 aliphatic carbocycles. The molecule has 1 heterocycles. The Labute approximate surface area is 123 Å². The van der Waals surface area contributed by atoms with Gasteiger partial charge in [0, 0.05) is 16.2 Å². The summed E-state index contributed by atoms with van der Waals surface area (Å²) in [5.41, 5.74) is 0.627. The molecule has 0 aliphatic heterocycles. The first-order chi connectivity index (χ1) is 9.49. The van der Waals surface area contributed by atoms with Crippen molar-refractivity contribution >= 4 is 21.9 Å². The zero-order valence-electron chi connectivity index (χ0n) is 10.6. The number of nitrogens with zero attached hydrogens (tertiary/aromatic N) is 1. The largest absolute Gasteiger partial charge is 0.478 e. The van der Waals surface area contributed by atoms with E-state index in [1.54, 1.807) is 6.07 Å². The van der Waals surface area contributed by atoms with Gasteiger partial charge in [0.05, 0.1) is 5.56 Å². The van der Waals surface area contributed by atoms with Crippen LogP contribution in [0.25, 0.3) is 0 Å². The molecule has 2 aromatic rings. The second-order valence-corrected chi connectivity index (χ2v) is 4.94. The maximum Gasteiger partial charge on any atom is 0.335 e. The highest BCUT2D eigenvalue weighted by molar-refractivity contribution is 9.10. The molecule has 20 heavy (non-hydrogen) atoms. The van der Waals surface area contributed by atoms with E-state index in [0.717, 1.165) is 0 Å². The van der Waals surface area contributed by atoms with Crippen LogP contribution in [0, 0.1) is 5.82 Å². The predicted octanol–water partition coefficient (Wildman–Crippen LogP) is 4.04. The van der Waals surface area contributed by atoms with E-state index in [1.165, 1.54) is 24.3 Å². The molecule has 1 aromatic heterocycles. The quantitative estimate of drug-likeness (QED) is 0.913. The Kier molecular flexibility index (Phi) is 4.34. The molecule has 0 unspecified atom stereocenters. The second-order valence-electron chi connectivity index (χ2n) is 4.02. The van der Waals surface area contributed by atoms with E-state index in [2.05, 4.69) is 20.9 Å². The molecule has 0 saturated carbocycles. The lowest BCUT2D eigenvalue weighted by Gasteiger charge is -2.08. The highest BCUT2D eigenvalue weighted by Crippen LogP contribution is 2.26. The van der Waals surface area contributed by atoms with E-state index in [9.17, 15) is 9.18 Å². The van der Waals surface area contributed by atoms with Gasteiger partial charge in [-0.15, -0.1) is 0 Å². The molecule has 0 spiro atoms. The molecule has 0 saturated heterocycles. The number of aromatic carboxylic acids is 1. The Morgan fingerprint density at radius 1 is 1.40 bits per heavy atom. The number of carboxylic acid groups (broad SMARTS) is 1. The minimum atomic E-state index is -1.08. The van der Waals surface area contributed by atoms with Gasteiger partial charge in [-0.25, -0.2) is 14.2 Å². The molecular formula is C14H11BrFNO3. The molecule has 0 amide bonds. The number of rotatable bonds is 4. The van der Waals surface area contributed by atoms with Crippen LogP contribution < -0.4 is 4.74 Å². The van der Waals surface area contributed by atoms with Gasteiger partial charge in [0.25, 0.3) is 0 Å². The van der Waals surface area contributed by atoms with Crippen LogP contribution in [0.1, 0.15) is 23.0 Å². The van der Waals surface area contributed by atoms with E-state index in [4.69, 9.17) is 9.84 Å². The summed E-state index contributed by atoms with van der Waals surface area (Å²) in [5, 5.41) is 9.02. The summed E-state index contributed by atoms with van der Waals surface area (Å²) in [5.74, 6) is -1.59. The summed E-state index contributed by atoms with van der Waals surface area (Å²) < 4.78 is 19.6. The molecule has 0 bridgehead atoms. The lowest BCUT2D eigenvalue weighted by atomic mass is 10.2. The van der Waals surface area contributed by atoms with Crippen molar-refractivity contribution in [1.29, 1.82) is 0 Å². The van der Waals surface area contributed by atoms with Crippen molar-refractivity contribution in [2.45, 2.75) is 13.3 Å². The van der Waals surface area contributed by atoms with Crippen molar-refractivity contribution in [3.63, 3.8) is 0 Å². The van der Waals surface area contributed by atoms with Gasteiger partial charge in [0.15, 0.2) is 11.6 Å². The molecule has 0 aliphatic rings. The smallest absolute Gasteiger partial charge is 0.335 e. The van der Waals surface area contributed by atoms with Gasteiger partial charge in [0.1, 0.15) is 0 Å². The molecule has 4 nitrogen and oxygen atoms in total. The third-order valence-corrected chi connectivity index (χ3v) is 3.07. The van der Waals surface area contributed by atoms with Crippen molar-refractivity contribution in [1.82, 2.24) is 4.98 Å². The Morgan fingerprint density at radius 3 is 2.75 bits per heavy atom. The van der Waals surface area contributed by atoms with Gasteiger partial charge in [-0.3, -0.25) is 0 Å². The SMILES string of the molecule is CCc1cc(C(=O)O)cc(Oc2ccc(Br)cc2F)n1. The minimum absolute atomic E-state index is 0.00899. The lowest BCUT2D eigenvalue weighted by Crippen LogP contribution is -2.01. The van der Waals surface area contributed by atoms with E-state index >= 15 is 0 Å². The normalized spacial score (nSPS) is 10.3. The fourth-order valence-electron chi connectivity index (χ4n) is 1.59. The van der Waals surface area contributed by atoms with Crippen molar-refractivity contribution in [2.24, 2.45) is 0 Å². The van der Waals surface area contributed by atoms with Gasteiger partial charge in [-0.2, -0.15) is 0 Å². The zero-order chi connectivity index (χ0) is 14.7. The molecule has 1 N–H and O–H groups in total. The first-order valence-electron chi connectivity index (χ1n) is 5.86. The first kappa shape index (κ1) is 14.5. The van der Waals surface area contributed by atoms with Gasteiger partial charge in [-0.1, -0.05) is 22.9 Å². The minimum Gasteiger partial charge on any atom is -0.478 e. The van der Waals surface area contributed by atoms with E-state index in [-0.39, 0.29) is 17.2 Å². The number of benzene rings is 1. The molecule has 2 rings (SSSR count). The number of ether oxygens (including phenoxy) is 1. The summed E-state index contributed by atoms with van der Waals surface area (Å²) in [6.45, 7) is 1.85. The van der Waals surface area contributed by atoms with Crippen LogP contribution >= 0.6 is 15.9 Å². The predicted molar refractivity (Wildman–Crippen MR) is 74.7 cm³/mol. The molecule has 1 aromatic carbocycles. The number of aromatic nitrogens is 1. The van der Waals surface area contributed by atoms with Gasteiger partial charge >= 0.3 is 5.97 Å². The molecule has 0 atom stereocenters. The second kappa shape index (κ2) is 6.00. The third kappa shape index (κ3) is 3.33. The van der Waals surface area contributed by atoms with E-state index in [1.807, 2.05) is 6.92 Å². The van der Waals surface area contributed by atoms with E-state index < -0.39 is 11.8 Å². The summed E-state index contributed by atoms with van der Waals surface area (Å²) in [7, 11) is 0. The fraction of sp³-hybridized carbons (Fsp3) is 0.143. The number of pyridine rings is 1. The zero-order valence-corrected chi connectivity index (χ0v) is 12.1. The standard InChI is InChI=1S/C14H11BrFNO3/c1-2-10-5-8(14(18)19)6-13(17-10)20-12-4-3-9(15)7-11(12)16/h3-7H,2H2,1H3,(H,18,19). The first-order valence-corrected chi connectivity index (χ1v) is 6.66. The third-order valence-electron chi connectivity index (χ3n) is 2.57. The number of halogens is 2. The van der Waals surface area contributed by atoms with Crippen LogP contribution in [0.5, 0.6) is 11.6 Å². The van der Waals surface area contributed by atoms with Gasteiger partial charge in [-0.05, 0) is 30.7 Å². The summed E-state index contributed by atoms with van der Waals surface area (Å²) in [6.07, 6.45) is 0.556. The monoisotopic (exact) mass is 339 g/mol. The van der Waals surface area contributed by atoms with Crippen LogP contribution in [0.3, 0.4) is 0 Å². The highest BCUT2D eigenvalue weighted by Gasteiger charge is 2.11. The number of hydrogen-bond acceptors (Lipinski definition) is 3. The summed E-state index contributed by atoms with van der Waals surface area (Å²) in [6, 6.07) is 7.06. The average molecular weight is 340 g/mol. The molecule has 0 fully saturated rings. The number of carbonyl (C=O) groups is 1. The molecular weight excluding hydrogens is 329 g/mol. The van der Waals surface area contributed by atoms with Crippen LogP contribution in [-0.2, 0) is 6.42 Å².